The normalized spacial score (nSPS) is 10.6. The molecule has 0 aliphatic rings. The van der Waals surface area contributed by atoms with Gasteiger partial charge in [0.15, 0.2) is 0 Å². The highest BCUT2D eigenvalue weighted by Crippen LogP contribution is 2.15. The zero-order chi connectivity index (χ0) is 13.3. The van der Waals surface area contributed by atoms with E-state index in [1.54, 1.807) is 11.6 Å². The lowest BCUT2D eigenvalue weighted by atomic mass is 10.1. The third-order valence-corrected chi connectivity index (χ3v) is 2.82. The van der Waals surface area contributed by atoms with Crippen molar-refractivity contribution in [3.63, 3.8) is 0 Å². The Kier molecular flexibility index (Phi) is 3.14. The highest BCUT2D eigenvalue weighted by atomic mass is 16.4. The van der Waals surface area contributed by atoms with Crippen LogP contribution in [0.25, 0.3) is 5.69 Å². The maximum absolute atomic E-state index is 10.8. The van der Waals surface area contributed by atoms with Crippen LogP contribution in [-0.2, 0) is 11.2 Å². The molecule has 5 nitrogen and oxygen atoms in total. The van der Waals surface area contributed by atoms with E-state index in [1.807, 2.05) is 32.0 Å². The van der Waals surface area contributed by atoms with Gasteiger partial charge in [-0.15, -0.1) is 0 Å². The Balaban J connectivity index is 2.49. The van der Waals surface area contributed by atoms with Gasteiger partial charge in [-0.25, -0.2) is 9.67 Å². The largest absolute Gasteiger partial charge is 0.481 e. The first-order valence-corrected chi connectivity index (χ1v) is 5.69. The lowest BCUT2D eigenvalue weighted by molar-refractivity contribution is -0.136. The summed E-state index contributed by atoms with van der Waals surface area (Å²) < 4.78 is 1.59. The smallest absolute Gasteiger partial charge is 0.311 e. The van der Waals surface area contributed by atoms with Gasteiger partial charge in [-0.3, -0.25) is 4.79 Å². The molecular formula is C13H15N3O2. The van der Waals surface area contributed by atoms with Gasteiger partial charge in [0, 0.05) is 0 Å². The first-order chi connectivity index (χ1) is 8.47. The van der Waals surface area contributed by atoms with Crippen LogP contribution in [0.1, 0.15) is 22.8 Å². The molecule has 1 aromatic heterocycles. The van der Waals surface area contributed by atoms with E-state index in [0.29, 0.717) is 11.6 Å². The van der Waals surface area contributed by atoms with E-state index in [4.69, 9.17) is 5.11 Å². The number of hydrogen-bond acceptors (Lipinski definition) is 3. The Labute approximate surface area is 105 Å². The van der Waals surface area contributed by atoms with Crippen molar-refractivity contribution in [3.8, 4) is 5.69 Å². The Morgan fingerprint density at radius 1 is 1.28 bits per heavy atom. The Bertz CT molecular complexity index is 602. The molecule has 18 heavy (non-hydrogen) atoms. The van der Waals surface area contributed by atoms with Crippen molar-refractivity contribution < 1.29 is 9.90 Å². The van der Waals surface area contributed by atoms with Crippen LogP contribution >= 0.6 is 0 Å². The standard InChI is InChI=1S/C13H15N3O2/c1-8-4-5-11(6-9(8)2)16-12(7-13(17)18)14-10(3)15-16/h4-6H,7H2,1-3H3,(H,17,18). The first-order valence-electron chi connectivity index (χ1n) is 5.69. The van der Waals surface area contributed by atoms with Crippen molar-refractivity contribution in [1.29, 1.82) is 0 Å². The van der Waals surface area contributed by atoms with E-state index in [-0.39, 0.29) is 6.42 Å². The average Bonchev–Trinajstić information content (AvgIpc) is 2.62. The topological polar surface area (TPSA) is 68.0 Å². The molecule has 0 fully saturated rings. The number of carboxylic acids is 1. The second-order valence-corrected chi connectivity index (χ2v) is 4.33. The van der Waals surface area contributed by atoms with Gasteiger partial charge in [0.1, 0.15) is 18.1 Å². The van der Waals surface area contributed by atoms with E-state index in [0.717, 1.165) is 11.3 Å². The summed E-state index contributed by atoms with van der Waals surface area (Å²) in [6.45, 7) is 5.80. The number of carboxylic acid groups (broad SMARTS) is 1. The average molecular weight is 245 g/mol. The number of aromatic nitrogens is 3. The van der Waals surface area contributed by atoms with E-state index < -0.39 is 5.97 Å². The van der Waals surface area contributed by atoms with Gasteiger partial charge in [0.25, 0.3) is 0 Å². The number of hydrogen-bond donors (Lipinski definition) is 1. The quantitative estimate of drug-likeness (QED) is 0.895. The number of carbonyl (C=O) groups is 1. The molecule has 0 saturated carbocycles. The maximum Gasteiger partial charge on any atom is 0.311 e. The van der Waals surface area contributed by atoms with E-state index in [1.165, 1.54) is 5.56 Å². The molecule has 2 aromatic rings. The molecule has 0 unspecified atom stereocenters. The molecule has 1 heterocycles. The molecule has 1 aromatic carbocycles. The molecule has 1 N–H and O–H groups in total. The second kappa shape index (κ2) is 4.60. The van der Waals surface area contributed by atoms with Crippen molar-refractivity contribution in [2.75, 3.05) is 0 Å². The zero-order valence-electron chi connectivity index (χ0n) is 10.6. The maximum atomic E-state index is 10.8. The van der Waals surface area contributed by atoms with Crippen LogP contribution in [0, 0.1) is 20.8 Å². The van der Waals surface area contributed by atoms with Crippen LogP contribution < -0.4 is 0 Å². The summed E-state index contributed by atoms with van der Waals surface area (Å²) in [6, 6.07) is 5.89. The lowest BCUT2D eigenvalue weighted by Crippen LogP contribution is -2.09. The summed E-state index contributed by atoms with van der Waals surface area (Å²) in [6.07, 6.45) is -0.131. The van der Waals surface area contributed by atoms with Crippen molar-refractivity contribution >= 4 is 5.97 Å². The monoisotopic (exact) mass is 245 g/mol. The number of benzene rings is 1. The van der Waals surface area contributed by atoms with Gasteiger partial charge in [0.2, 0.25) is 0 Å². The van der Waals surface area contributed by atoms with Gasteiger partial charge >= 0.3 is 5.97 Å². The van der Waals surface area contributed by atoms with Gasteiger partial charge in [0.05, 0.1) is 5.69 Å². The van der Waals surface area contributed by atoms with Gasteiger partial charge in [-0.2, -0.15) is 5.10 Å². The number of rotatable bonds is 3. The number of aliphatic carboxylic acids is 1. The minimum Gasteiger partial charge on any atom is -0.481 e. The number of nitrogens with zero attached hydrogens (tertiary/aromatic N) is 3. The van der Waals surface area contributed by atoms with Crippen LogP contribution in [0.3, 0.4) is 0 Å². The fourth-order valence-corrected chi connectivity index (χ4v) is 1.77. The molecule has 94 valence electrons. The van der Waals surface area contributed by atoms with Crippen molar-refractivity contribution in [2.24, 2.45) is 0 Å². The van der Waals surface area contributed by atoms with Gasteiger partial charge < -0.3 is 5.11 Å². The Hall–Kier alpha value is -2.17. The van der Waals surface area contributed by atoms with Crippen molar-refractivity contribution in [1.82, 2.24) is 14.8 Å². The minimum atomic E-state index is -0.910. The lowest BCUT2D eigenvalue weighted by Gasteiger charge is -2.07. The summed E-state index contributed by atoms with van der Waals surface area (Å²) in [4.78, 5) is 15.0. The molecule has 0 radical (unpaired) electrons. The Morgan fingerprint density at radius 2 is 2.00 bits per heavy atom. The number of aryl methyl sites for hydroxylation is 3. The molecule has 2 rings (SSSR count). The highest BCUT2D eigenvalue weighted by molar-refractivity contribution is 5.69. The van der Waals surface area contributed by atoms with Crippen LogP contribution in [0.2, 0.25) is 0 Å². The fourth-order valence-electron chi connectivity index (χ4n) is 1.77. The summed E-state index contributed by atoms with van der Waals surface area (Å²) in [5.74, 6) is 0.111. The van der Waals surface area contributed by atoms with E-state index >= 15 is 0 Å². The third kappa shape index (κ3) is 2.40. The molecule has 0 bridgehead atoms. The molecule has 0 saturated heterocycles. The molecule has 0 aliphatic carbocycles. The summed E-state index contributed by atoms with van der Waals surface area (Å²) in [7, 11) is 0. The Morgan fingerprint density at radius 3 is 2.61 bits per heavy atom. The van der Waals surface area contributed by atoms with Crippen LogP contribution in [0.4, 0.5) is 0 Å². The van der Waals surface area contributed by atoms with Crippen LogP contribution in [-0.4, -0.2) is 25.8 Å². The van der Waals surface area contributed by atoms with Gasteiger partial charge in [-0.05, 0) is 44.0 Å². The van der Waals surface area contributed by atoms with E-state index in [2.05, 4.69) is 10.1 Å². The second-order valence-electron chi connectivity index (χ2n) is 4.33. The van der Waals surface area contributed by atoms with Crippen LogP contribution in [0.5, 0.6) is 0 Å². The molecule has 0 aliphatic heterocycles. The molecule has 5 heteroatoms. The summed E-state index contributed by atoms with van der Waals surface area (Å²) in [5, 5.41) is 13.1. The van der Waals surface area contributed by atoms with Gasteiger partial charge in [-0.1, -0.05) is 6.07 Å². The third-order valence-electron chi connectivity index (χ3n) is 2.82. The molecular weight excluding hydrogens is 230 g/mol. The minimum absolute atomic E-state index is 0.131. The van der Waals surface area contributed by atoms with Crippen molar-refractivity contribution in [3.05, 3.63) is 41.0 Å². The summed E-state index contributed by atoms with van der Waals surface area (Å²) >= 11 is 0. The predicted octanol–water partition coefficient (Wildman–Crippen LogP) is 1.82. The highest BCUT2D eigenvalue weighted by Gasteiger charge is 2.13. The summed E-state index contributed by atoms with van der Waals surface area (Å²) in [5.41, 5.74) is 3.17. The fraction of sp³-hybridized carbons (Fsp3) is 0.308. The van der Waals surface area contributed by atoms with Crippen molar-refractivity contribution in [2.45, 2.75) is 27.2 Å². The van der Waals surface area contributed by atoms with Crippen LogP contribution in [0.15, 0.2) is 18.2 Å². The predicted molar refractivity (Wildman–Crippen MR) is 66.9 cm³/mol. The SMILES string of the molecule is Cc1nc(CC(=O)O)n(-c2ccc(C)c(C)c2)n1. The molecule has 0 amide bonds. The zero-order valence-corrected chi connectivity index (χ0v) is 10.6. The molecule has 0 atom stereocenters. The first kappa shape index (κ1) is 12.3. The van der Waals surface area contributed by atoms with E-state index in [9.17, 15) is 4.79 Å². The molecule has 0 spiro atoms.